The molecule has 2 N–H and O–H groups in total. The highest BCUT2D eigenvalue weighted by Crippen LogP contribution is 2.22. The largest absolute Gasteiger partial charge is 0.325 e. The first kappa shape index (κ1) is 25.1. The van der Waals surface area contributed by atoms with E-state index in [0.29, 0.717) is 13.1 Å². The maximum absolute atomic E-state index is 13.1. The van der Waals surface area contributed by atoms with Crippen LogP contribution in [0.1, 0.15) is 23.6 Å². The fourth-order valence-electron chi connectivity index (χ4n) is 4.59. The van der Waals surface area contributed by atoms with Crippen molar-refractivity contribution in [2.45, 2.75) is 38.5 Å². The summed E-state index contributed by atoms with van der Waals surface area (Å²) in [6.07, 6.45) is 0.887. The number of sulfone groups is 1. The number of carbonyl (C=O) groups excluding carboxylic acids is 1. The van der Waals surface area contributed by atoms with E-state index in [9.17, 15) is 13.2 Å². The molecular weight excluding hydrogens is 458 g/mol. The molecule has 1 aliphatic heterocycles. The van der Waals surface area contributed by atoms with Crippen LogP contribution in [-0.2, 0) is 34.1 Å². The molecule has 184 valence electrons. The smallest absolute Gasteiger partial charge is 0.238 e. The Bertz CT molecular complexity index is 1220. The summed E-state index contributed by atoms with van der Waals surface area (Å²) >= 11 is 0. The Hall–Kier alpha value is -3.00. The molecule has 0 spiro atoms. The molecule has 0 radical (unpaired) electrons. The van der Waals surface area contributed by atoms with Gasteiger partial charge in [0.1, 0.15) is 0 Å². The Kier molecular flexibility index (Phi) is 8.33. The third kappa shape index (κ3) is 7.24. The van der Waals surface area contributed by atoms with Gasteiger partial charge in [0.25, 0.3) is 0 Å². The van der Waals surface area contributed by atoms with Crippen molar-refractivity contribution in [2.24, 2.45) is 0 Å². The van der Waals surface area contributed by atoms with Crippen LogP contribution in [0.25, 0.3) is 0 Å². The summed E-state index contributed by atoms with van der Waals surface area (Å²) in [4.78, 5) is 15.1. The van der Waals surface area contributed by atoms with Crippen LogP contribution >= 0.6 is 0 Å². The van der Waals surface area contributed by atoms with E-state index < -0.39 is 9.84 Å². The van der Waals surface area contributed by atoms with Crippen LogP contribution in [0.4, 0.5) is 5.69 Å². The highest BCUT2D eigenvalue weighted by Gasteiger charge is 2.41. The first-order chi connectivity index (χ1) is 16.9. The number of nitrogens with zero attached hydrogens (tertiary/aromatic N) is 1. The summed E-state index contributed by atoms with van der Waals surface area (Å²) in [7, 11) is -3.23. The van der Waals surface area contributed by atoms with Crippen LogP contribution in [0.5, 0.6) is 0 Å². The zero-order chi connectivity index (χ0) is 24.7. The van der Waals surface area contributed by atoms with Crippen molar-refractivity contribution < 1.29 is 13.2 Å². The first-order valence-electron chi connectivity index (χ1n) is 12.1. The van der Waals surface area contributed by atoms with E-state index in [2.05, 4.69) is 17.6 Å². The van der Waals surface area contributed by atoms with E-state index in [1.165, 1.54) is 0 Å². The average Bonchev–Trinajstić information content (AvgIpc) is 3.18. The SMILES string of the molecule is CCc1cccc(NC(=O)CN(Cc2ccccc2)C2CS(=O)(=O)CC2NCc2ccccc2)c1. The van der Waals surface area contributed by atoms with Crippen LogP contribution in [0.3, 0.4) is 0 Å². The fraction of sp³-hybridized carbons (Fsp3) is 0.321. The second kappa shape index (κ2) is 11.6. The van der Waals surface area contributed by atoms with Crippen LogP contribution in [0.15, 0.2) is 84.9 Å². The molecule has 35 heavy (non-hydrogen) atoms. The molecule has 3 aromatic rings. The standard InChI is InChI=1S/C28H33N3O3S/c1-2-22-14-9-15-25(16-22)30-28(32)19-31(18-24-12-7-4-8-13-24)27-21-35(33,34)20-26(27)29-17-23-10-5-3-6-11-23/h3-16,26-27,29H,2,17-21H2,1H3,(H,30,32). The second-order valence-corrected chi connectivity index (χ2v) is 11.3. The number of aryl methyl sites for hydroxylation is 1. The number of hydrogen-bond donors (Lipinski definition) is 2. The lowest BCUT2D eigenvalue weighted by molar-refractivity contribution is -0.118. The van der Waals surface area contributed by atoms with Gasteiger partial charge in [-0.05, 0) is 35.2 Å². The molecule has 1 fully saturated rings. The Morgan fingerprint density at radius 2 is 1.54 bits per heavy atom. The van der Waals surface area contributed by atoms with Crippen LogP contribution in [0, 0.1) is 0 Å². The van der Waals surface area contributed by atoms with Gasteiger partial charge in [-0.25, -0.2) is 8.42 Å². The molecule has 0 bridgehead atoms. The first-order valence-corrected chi connectivity index (χ1v) is 13.9. The molecule has 4 rings (SSSR count). The monoisotopic (exact) mass is 491 g/mol. The summed E-state index contributed by atoms with van der Waals surface area (Å²) in [6.45, 7) is 3.25. The van der Waals surface area contributed by atoms with Crippen LogP contribution in [0.2, 0.25) is 0 Å². The highest BCUT2D eigenvalue weighted by atomic mass is 32.2. The molecular formula is C28H33N3O3S. The lowest BCUT2D eigenvalue weighted by Gasteiger charge is -2.32. The molecule has 6 nitrogen and oxygen atoms in total. The summed E-state index contributed by atoms with van der Waals surface area (Å²) in [6, 6.07) is 27.1. The van der Waals surface area contributed by atoms with E-state index in [1.807, 2.05) is 89.8 Å². The molecule has 1 amide bonds. The number of rotatable bonds is 10. The number of hydrogen-bond acceptors (Lipinski definition) is 5. The van der Waals surface area contributed by atoms with E-state index in [0.717, 1.165) is 28.8 Å². The normalized spacial score (nSPS) is 19.0. The summed E-state index contributed by atoms with van der Waals surface area (Å²) in [5, 5.41) is 6.45. The Labute approximate surface area is 208 Å². The van der Waals surface area contributed by atoms with Gasteiger partial charge < -0.3 is 10.6 Å². The Morgan fingerprint density at radius 3 is 2.23 bits per heavy atom. The Morgan fingerprint density at radius 1 is 0.886 bits per heavy atom. The highest BCUT2D eigenvalue weighted by molar-refractivity contribution is 7.91. The van der Waals surface area contributed by atoms with Crippen molar-refractivity contribution >= 4 is 21.4 Å². The van der Waals surface area contributed by atoms with Gasteiger partial charge in [0.2, 0.25) is 5.91 Å². The molecule has 7 heteroatoms. The second-order valence-electron chi connectivity index (χ2n) is 9.11. The summed E-state index contributed by atoms with van der Waals surface area (Å²) in [5.41, 5.74) is 4.04. The van der Waals surface area contributed by atoms with E-state index >= 15 is 0 Å². The van der Waals surface area contributed by atoms with Gasteiger partial charge in [-0.3, -0.25) is 9.69 Å². The number of anilines is 1. The number of nitrogens with one attached hydrogen (secondary N) is 2. The van der Waals surface area contributed by atoms with Crippen molar-refractivity contribution in [3.8, 4) is 0 Å². The van der Waals surface area contributed by atoms with Crippen LogP contribution in [-0.4, -0.2) is 49.4 Å². The molecule has 2 atom stereocenters. The third-order valence-electron chi connectivity index (χ3n) is 6.40. The number of amides is 1. The molecule has 0 saturated carbocycles. The van der Waals surface area contributed by atoms with Crippen LogP contribution < -0.4 is 10.6 Å². The quantitative estimate of drug-likeness (QED) is 0.453. The molecule has 0 aliphatic carbocycles. The van der Waals surface area contributed by atoms with Gasteiger partial charge in [0.15, 0.2) is 9.84 Å². The van der Waals surface area contributed by atoms with Gasteiger partial charge in [0.05, 0.1) is 18.1 Å². The maximum atomic E-state index is 13.1. The van der Waals surface area contributed by atoms with Gasteiger partial charge in [0, 0.05) is 30.9 Å². The molecule has 1 saturated heterocycles. The zero-order valence-corrected chi connectivity index (χ0v) is 20.9. The van der Waals surface area contributed by atoms with E-state index in [1.54, 1.807) is 0 Å². The number of benzene rings is 3. The molecule has 0 aromatic heterocycles. The average molecular weight is 492 g/mol. The van der Waals surface area contributed by atoms with Gasteiger partial charge in [-0.2, -0.15) is 0 Å². The molecule has 3 aromatic carbocycles. The topological polar surface area (TPSA) is 78.5 Å². The minimum absolute atomic E-state index is 0.0326. The third-order valence-corrected chi connectivity index (χ3v) is 8.11. The van der Waals surface area contributed by atoms with E-state index in [4.69, 9.17) is 0 Å². The van der Waals surface area contributed by atoms with Gasteiger partial charge >= 0.3 is 0 Å². The predicted octanol–water partition coefficient (Wildman–Crippen LogP) is 3.65. The molecule has 2 unspecified atom stereocenters. The zero-order valence-electron chi connectivity index (χ0n) is 20.1. The van der Waals surface area contributed by atoms with Crippen molar-refractivity contribution in [2.75, 3.05) is 23.4 Å². The lowest BCUT2D eigenvalue weighted by atomic mass is 10.1. The number of carbonyl (C=O) groups is 1. The maximum Gasteiger partial charge on any atom is 0.238 e. The summed E-state index contributed by atoms with van der Waals surface area (Å²) < 4.78 is 25.4. The van der Waals surface area contributed by atoms with Crippen molar-refractivity contribution in [1.82, 2.24) is 10.2 Å². The van der Waals surface area contributed by atoms with Crippen molar-refractivity contribution in [3.05, 3.63) is 102 Å². The predicted molar refractivity (Wildman–Crippen MR) is 141 cm³/mol. The van der Waals surface area contributed by atoms with Crippen molar-refractivity contribution in [3.63, 3.8) is 0 Å². The Balaban J connectivity index is 1.53. The minimum atomic E-state index is -3.23. The van der Waals surface area contributed by atoms with E-state index in [-0.39, 0.29) is 36.0 Å². The fourth-order valence-corrected chi connectivity index (χ4v) is 6.58. The minimum Gasteiger partial charge on any atom is -0.325 e. The lowest BCUT2D eigenvalue weighted by Crippen LogP contribution is -2.51. The summed E-state index contributed by atoms with van der Waals surface area (Å²) in [5.74, 6) is -0.0544. The van der Waals surface area contributed by atoms with Crippen molar-refractivity contribution in [1.29, 1.82) is 0 Å². The molecule has 1 aliphatic rings. The van der Waals surface area contributed by atoms with Gasteiger partial charge in [-0.1, -0.05) is 79.7 Å². The molecule has 1 heterocycles. The van der Waals surface area contributed by atoms with Gasteiger partial charge in [-0.15, -0.1) is 0 Å².